The van der Waals surface area contributed by atoms with Crippen molar-refractivity contribution >= 4 is 27.6 Å². The Labute approximate surface area is 196 Å². The first-order valence-corrected chi connectivity index (χ1v) is 11.8. The third kappa shape index (κ3) is 5.78. The van der Waals surface area contributed by atoms with E-state index in [2.05, 4.69) is 20.0 Å². The van der Waals surface area contributed by atoms with Crippen LogP contribution in [0.5, 0.6) is 0 Å². The van der Waals surface area contributed by atoms with Gasteiger partial charge in [0.1, 0.15) is 5.82 Å². The van der Waals surface area contributed by atoms with Crippen LogP contribution in [0, 0.1) is 5.82 Å². The molecule has 4 aromatic rings. The quantitative estimate of drug-likeness (QED) is 0.308. The molecular weight excluding hydrogens is 457 g/mol. The molecule has 3 aromatic carbocycles. The molecule has 4 rings (SSSR count). The van der Waals surface area contributed by atoms with Crippen molar-refractivity contribution < 1.29 is 17.6 Å². The third-order valence-corrected chi connectivity index (χ3v) is 6.44. The first-order valence-electron chi connectivity index (χ1n) is 10.3. The van der Waals surface area contributed by atoms with Gasteiger partial charge in [-0.1, -0.05) is 36.4 Å². The molecule has 10 heteroatoms. The molecule has 0 fully saturated rings. The molecule has 5 N–H and O–H groups in total. The number of imidazole rings is 1. The van der Waals surface area contributed by atoms with Crippen LogP contribution in [-0.4, -0.2) is 24.3 Å². The Morgan fingerprint density at radius 3 is 2.21 bits per heavy atom. The van der Waals surface area contributed by atoms with Gasteiger partial charge in [-0.25, -0.2) is 17.8 Å². The van der Waals surface area contributed by atoms with Crippen LogP contribution in [0.3, 0.4) is 0 Å². The number of sulfonamides is 1. The van der Waals surface area contributed by atoms with Crippen LogP contribution in [0.1, 0.15) is 11.1 Å². The van der Waals surface area contributed by atoms with E-state index in [4.69, 9.17) is 5.73 Å². The van der Waals surface area contributed by atoms with Crippen molar-refractivity contribution in [3.8, 4) is 11.3 Å². The van der Waals surface area contributed by atoms with Crippen molar-refractivity contribution in [1.82, 2.24) is 15.3 Å². The topological polar surface area (TPSA) is 130 Å². The molecule has 174 valence electrons. The highest BCUT2D eigenvalue weighted by Gasteiger charge is 2.14. The maximum absolute atomic E-state index is 13.0. The summed E-state index contributed by atoms with van der Waals surface area (Å²) in [4.78, 5) is 19.2. The normalized spacial score (nSPS) is 11.2. The first-order chi connectivity index (χ1) is 16.3. The van der Waals surface area contributed by atoms with Crippen molar-refractivity contribution in [2.45, 2.75) is 17.9 Å². The van der Waals surface area contributed by atoms with Gasteiger partial charge in [-0.3, -0.25) is 9.52 Å². The van der Waals surface area contributed by atoms with Crippen LogP contribution < -0.4 is 15.8 Å². The fraction of sp³-hybridized carbons (Fsp3) is 0.0833. The zero-order chi connectivity index (χ0) is 24.1. The Hall–Kier alpha value is -4.18. The van der Waals surface area contributed by atoms with Gasteiger partial charge in [-0.15, -0.1) is 0 Å². The number of aromatic amines is 1. The summed E-state index contributed by atoms with van der Waals surface area (Å²) in [5, 5.41) is 2.87. The second-order valence-electron chi connectivity index (χ2n) is 7.59. The number of nitrogen functional groups attached to an aromatic ring is 1. The summed E-state index contributed by atoms with van der Waals surface area (Å²) in [7, 11) is -3.83. The summed E-state index contributed by atoms with van der Waals surface area (Å²) in [6.07, 6.45) is 1.81. The van der Waals surface area contributed by atoms with Crippen molar-refractivity contribution in [3.05, 3.63) is 95.9 Å². The van der Waals surface area contributed by atoms with Gasteiger partial charge in [0.05, 0.1) is 23.2 Å². The van der Waals surface area contributed by atoms with Gasteiger partial charge < -0.3 is 16.0 Å². The van der Waals surface area contributed by atoms with E-state index in [-0.39, 0.29) is 17.2 Å². The number of aromatic nitrogens is 2. The van der Waals surface area contributed by atoms with Gasteiger partial charge in [0, 0.05) is 12.2 Å². The van der Waals surface area contributed by atoms with Gasteiger partial charge in [0.2, 0.25) is 5.91 Å². The lowest BCUT2D eigenvalue weighted by Gasteiger charge is -2.09. The summed E-state index contributed by atoms with van der Waals surface area (Å²) in [6, 6.07) is 18.7. The first kappa shape index (κ1) is 23.0. The molecule has 8 nitrogen and oxygen atoms in total. The zero-order valence-electron chi connectivity index (χ0n) is 18.0. The van der Waals surface area contributed by atoms with Gasteiger partial charge in [-0.05, 0) is 53.1 Å². The van der Waals surface area contributed by atoms with E-state index in [0.29, 0.717) is 18.2 Å². The number of rotatable bonds is 8. The number of benzene rings is 3. The summed E-state index contributed by atoms with van der Waals surface area (Å²) in [5.74, 6) is -0.326. The van der Waals surface area contributed by atoms with Crippen molar-refractivity contribution in [3.63, 3.8) is 0 Å². The summed E-state index contributed by atoms with van der Waals surface area (Å²) in [6.45, 7) is 0.375. The van der Waals surface area contributed by atoms with E-state index < -0.39 is 15.8 Å². The monoisotopic (exact) mass is 479 g/mol. The van der Waals surface area contributed by atoms with Crippen LogP contribution in [0.4, 0.5) is 16.0 Å². The Morgan fingerprint density at radius 2 is 1.59 bits per heavy atom. The fourth-order valence-electron chi connectivity index (χ4n) is 3.25. The minimum atomic E-state index is -3.83. The molecule has 1 aromatic heterocycles. The van der Waals surface area contributed by atoms with Gasteiger partial charge in [0.25, 0.3) is 10.0 Å². The molecule has 0 bridgehead atoms. The number of halogens is 1. The Morgan fingerprint density at radius 1 is 0.941 bits per heavy atom. The van der Waals surface area contributed by atoms with E-state index >= 15 is 0 Å². The van der Waals surface area contributed by atoms with Crippen LogP contribution in [0.25, 0.3) is 11.3 Å². The standard InChI is InChI=1S/C24H22FN5O3S/c25-19-7-11-21(12-8-19)34(32,33)30-20-9-3-16(4-10-20)13-23(31)27-14-17-1-5-18(6-2-17)22-15-28-24(26)29-22/h1-12,15,30H,13-14H2,(H,27,31)(H3,26,28,29). The average molecular weight is 480 g/mol. The molecule has 34 heavy (non-hydrogen) atoms. The number of hydrogen-bond acceptors (Lipinski definition) is 5. The zero-order valence-corrected chi connectivity index (χ0v) is 18.8. The van der Waals surface area contributed by atoms with Crippen LogP contribution >= 0.6 is 0 Å². The fourth-order valence-corrected chi connectivity index (χ4v) is 4.31. The second kappa shape index (κ2) is 9.75. The maximum Gasteiger partial charge on any atom is 0.261 e. The Kier molecular flexibility index (Phi) is 6.60. The highest BCUT2D eigenvalue weighted by Crippen LogP contribution is 2.19. The highest BCUT2D eigenvalue weighted by molar-refractivity contribution is 7.92. The van der Waals surface area contributed by atoms with E-state index in [0.717, 1.165) is 34.5 Å². The number of H-pyrrole nitrogens is 1. The predicted molar refractivity (Wildman–Crippen MR) is 128 cm³/mol. The number of carbonyl (C=O) groups is 1. The largest absolute Gasteiger partial charge is 0.369 e. The Bertz CT molecular complexity index is 1380. The summed E-state index contributed by atoms with van der Waals surface area (Å²) < 4.78 is 40.2. The number of nitrogens with one attached hydrogen (secondary N) is 3. The van der Waals surface area contributed by atoms with Gasteiger partial charge >= 0.3 is 0 Å². The molecule has 0 radical (unpaired) electrons. The molecule has 0 aliphatic rings. The molecular formula is C24H22FN5O3S. The lowest BCUT2D eigenvalue weighted by Crippen LogP contribution is -2.24. The summed E-state index contributed by atoms with van der Waals surface area (Å²) >= 11 is 0. The number of carbonyl (C=O) groups excluding carboxylic acids is 1. The van der Waals surface area contributed by atoms with Gasteiger partial charge in [-0.2, -0.15) is 0 Å². The molecule has 0 saturated heterocycles. The lowest BCUT2D eigenvalue weighted by atomic mass is 10.1. The van der Waals surface area contributed by atoms with Crippen molar-refractivity contribution in [2.75, 3.05) is 10.5 Å². The van der Waals surface area contributed by atoms with E-state index in [1.54, 1.807) is 30.5 Å². The summed E-state index contributed by atoms with van der Waals surface area (Å²) in [5.41, 5.74) is 9.36. The molecule has 1 heterocycles. The lowest BCUT2D eigenvalue weighted by molar-refractivity contribution is -0.120. The molecule has 0 unspecified atom stereocenters. The highest BCUT2D eigenvalue weighted by atomic mass is 32.2. The molecule has 1 amide bonds. The number of anilines is 2. The average Bonchev–Trinajstić information content (AvgIpc) is 3.26. The van der Waals surface area contributed by atoms with E-state index in [1.807, 2.05) is 24.3 Å². The SMILES string of the molecule is Nc1ncc(-c2ccc(CNC(=O)Cc3ccc(NS(=O)(=O)c4ccc(F)cc4)cc3)cc2)[nH]1. The maximum atomic E-state index is 13.0. The molecule has 0 spiro atoms. The molecule has 0 aliphatic carbocycles. The van der Waals surface area contributed by atoms with E-state index in [1.165, 1.54) is 12.1 Å². The van der Waals surface area contributed by atoms with E-state index in [9.17, 15) is 17.6 Å². The number of amides is 1. The van der Waals surface area contributed by atoms with Gasteiger partial charge in [0.15, 0.2) is 5.95 Å². The minimum absolute atomic E-state index is 0.0425. The second-order valence-corrected chi connectivity index (χ2v) is 9.27. The number of nitrogens with zero attached hydrogens (tertiary/aromatic N) is 1. The number of hydrogen-bond donors (Lipinski definition) is 4. The molecule has 0 aliphatic heterocycles. The van der Waals surface area contributed by atoms with Crippen LogP contribution in [0.2, 0.25) is 0 Å². The molecule has 0 saturated carbocycles. The smallest absolute Gasteiger partial charge is 0.261 e. The van der Waals surface area contributed by atoms with Crippen LogP contribution in [-0.2, 0) is 27.8 Å². The third-order valence-electron chi connectivity index (χ3n) is 5.04. The Balaban J connectivity index is 1.29. The number of nitrogens with two attached hydrogens (primary N) is 1. The molecule has 0 atom stereocenters. The van der Waals surface area contributed by atoms with Crippen molar-refractivity contribution in [1.29, 1.82) is 0 Å². The minimum Gasteiger partial charge on any atom is -0.369 e. The van der Waals surface area contributed by atoms with Crippen LogP contribution in [0.15, 0.2) is 83.9 Å². The van der Waals surface area contributed by atoms with Crippen molar-refractivity contribution in [2.24, 2.45) is 0 Å². The predicted octanol–water partition coefficient (Wildman–Crippen LogP) is 3.46.